The minimum absolute atomic E-state index is 0. The van der Waals surface area contributed by atoms with Gasteiger partial charge in [0.2, 0.25) is 0 Å². The Kier molecular flexibility index (Phi) is 13.9. The van der Waals surface area contributed by atoms with Crippen molar-refractivity contribution in [3.05, 3.63) is 200 Å². The predicted molar refractivity (Wildman–Crippen MR) is 197 cm³/mol. The van der Waals surface area contributed by atoms with Gasteiger partial charge in [0.15, 0.2) is 0 Å². The largest absolute Gasteiger partial charge is 0.311 e. The van der Waals surface area contributed by atoms with E-state index in [-0.39, 0.29) is 40.2 Å². The van der Waals surface area contributed by atoms with Crippen molar-refractivity contribution >= 4 is 29.2 Å². The molecule has 5 heteroatoms. The van der Waals surface area contributed by atoms with Gasteiger partial charge < -0.3 is 14.9 Å². The van der Waals surface area contributed by atoms with E-state index in [1.165, 1.54) is 0 Å². The van der Waals surface area contributed by atoms with Crippen molar-refractivity contribution in [1.29, 1.82) is 0 Å². The number of benzene rings is 5. The van der Waals surface area contributed by atoms with Gasteiger partial charge in [-0.25, -0.2) is 0 Å². The Balaban J connectivity index is 0.000000326. The maximum absolute atomic E-state index is 4.46. The first-order valence-electron chi connectivity index (χ1n) is 15.4. The minimum atomic E-state index is 0. The van der Waals surface area contributed by atoms with Crippen LogP contribution in [-0.4, -0.2) is 9.97 Å². The number of hydrogen-bond donors (Lipinski definition) is 0. The van der Waals surface area contributed by atoms with Crippen molar-refractivity contribution in [2.24, 2.45) is 0 Å². The van der Waals surface area contributed by atoms with Crippen molar-refractivity contribution in [3.63, 3.8) is 0 Å². The van der Waals surface area contributed by atoms with Crippen molar-refractivity contribution in [2.45, 2.75) is 0 Å². The van der Waals surface area contributed by atoms with E-state index in [9.17, 15) is 0 Å². The van der Waals surface area contributed by atoms with Gasteiger partial charge in [0.05, 0.1) is 0 Å². The summed E-state index contributed by atoms with van der Waals surface area (Å²) in [5, 5.41) is 0. The molecule has 0 bridgehead atoms. The van der Waals surface area contributed by atoms with Crippen LogP contribution >= 0.6 is 0 Å². The third-order valence-electron chi connectivity index (χ3n) is 7.63. The van der Waals surface area contributed by atoms with E-state index in [2.05, 4.69) is 125 Å². The molecular formula is C44H33Ir2N3-2. The molecule has 0 aliphatic heterocycles. The summed E-state index contributed by atoms with van der Waals surface area (Å²) in [5.41, 5.74) is 11.6. The number of nitrogens with zero attached hydrogens (tertiary/aromatic N) is 3. The van der Waals surface area contributed by atoms with Crippen molar-refractivity contribution in [2.75, 3.05) is 4.90 Å². The quantitative estimate of drug-likeness (QED) is 0.142. The van der Waals surface area contributed by atoms with Crippen molar-refractivity contribution in [1.82, 2.24) is 9.97 Å². The second-order valence-corrected chi connectivity index (χ2v) is 10.7. The van der Waals surface area contributed by atoms with Crippen LogP contribution in [-0.2, 0) is 40.2 Å². The molecule has 2 aromatic heterocycles. The fourth-order valence-electron chi connectivity index (χ4n) is 5.16. The molecule has 3 nitrogen and oxygen atoms in total. The third-order valence-corrected chi connectivity index (χ3v) is 7.63. The molecule has 0 aliphatic rings. The topological polar surface area (TPSA) is 29.0 Å². The monoisotopic (exact) mass is 989 g/mol. The number of aromatic nitrogens is 2. The van der Waals surface area contributed by atoms with E-state index in [0.717, 1.165) is 61.8 Å². The Morgan fingerprint density at radius 3 is 1.43 bits per heavy atom. The summed E-state index contributed by atoms with van der Waals surface area (Å²) in [6.45, 7) is 7.75. The molecule has 7 aromatic rings. The summed E-state index contributed by atoms with van der Waals surface area (Å²) in [6, 6.07) is 57.7. The van der Waals surface area contributed by atoms with Gasteiger partial charge in [0.1, 0.15) is 0 Å². The molecule has 0 fully saturated rings. The van der Waals surface area contributed by atoms with E-state index < -0.39 is 0 Å². The van der Waals surface area contributed by atoms with Gasteiger partial charge in [-0.15, -0.1) is 71.3 Å². The fraction of sp³-hybridized carbons (Fsp3) is 0. The van der Waals surface area contributed by atoms with Crippen LogP contribution in [0.3, 0.4) is 0 Å². The second kappa shape index (κ2) is 18.5. The summed E-state index contributed by atoms with van der Waals surface area (Å²) in [7, 11) is 0. The maximum Gasteiger partial charge on any atom is 0.0462 e. The zero-order valence-electron chi connectivity index (χ0n) is 26.7. The Morgan fingerprint density at radius 1 is 0.469 bits per heavy atom. The Morgan fingerprint density at radius 2 is 0.959 bits per heavy atom. The molecular weight excluding hydrogens is 955 g/mol. The van der Waals surface area contributed by atoms with Gasteiger partial charge in [0, 0.05) is 69.7 Å². The molecule has 0 saturated carbocycles. The van der Waals surface area contributed by atoms with Gasteiger partial charge in [-0.05, 0) is 76.6 Å². The molecule has 0 amide bonds. The van der Waals surface area contributed by atoms with Crippen LogP contribution in [0.2, 0.25) is 0 Å². The first-order valence-corrected chi connectivity index (χ1v) is 15.4. The Labute approximate surface area is 316 Å². The number of pyridine rings is 2. The van der Waals surface area contributed by atoms with Crippen LogP contribution in [0.5, 0.6) is 0 Å². The van der Waals surface area contributed by atoms with Crippen LogP contribution in [0.25, 0.3) is 45.8 Å². The molecule has 5 aromatic carbocycles. The molecule has 0 aliphatic carbocycles. The number of rotatable bonds is 8. The molecule has 0 N–H and O–H groups in total. The standard InChI is InChI=1S/C33H25N2.C11H8N.2Ir/c1-3-25-11-17-30(18-12-25)35(31-19-13-26(4-2)14-20-31)32-21-15-27(16-22-32)28-8-7-9-29(24-28)33-10-5-6-23-34-33;1-2-6-10(7-3-1)11-8-4-5-9-12-11;;/h3-8,10-24H,1-2H2;1-6,8-9H;;/q2*-1;;. The summed E-state index contributed by atoms with van der Waals surface area (Å²) < 4.78 is 0. The molecule has 0 spiro atoms. The van der Waals surface area contributed by atoms with Crippen LogP contribution < -0.4 is 4.90 Å². The van der Waals surface area contributed by atoms with Crippen LogP contribution in [0.15, 0.2) is 177 Å². The minimum Gasteiger partial charge on any atom is -0.311 e. The third kappa shape index (κ3) is 9.54. The van der Waals surface area contributed by atoms with E-state index in [0.29, 0.717) is 0 Å². The van der Waals surface area contributed by atoms with E-state index in [1.807, 2.05) is 85.1 Å². The molecule has 0 unspecified atom stereocenters. The van der Waals surface area contributed by atoms with Crippen LogP contribution in [0.1, 0.15) is 11.1 Å². The van der Waals surface area contributed by atoms with Gasteiger partial charge in [-0.2, -0.15) is 0 Å². The van der Waals surface area contributed by atoms with Crippen LogP contribution in [0.4, 0.5) is 17.1 Å². The van der Waals surface area contributed by atoms with Crippen LogP contribution in [0, 0.1) is 12.1 Å². The van der Waals surface area contributed by atoms with Gasteiger partial charge in [-0.1, -0.05) is 86.0 Å². The maximum atomic E-state index is 4.46. The normalized spacial score (nSPS) is 9.88. The molecule has 2 radical (unpaired) electrons. The van der Waals surface area contributed by atoms with Crippen molar-refractivity contribution in [3.8, 4) is 33.6 Å². The summed E-state index contributed by atoms with van der Waals surface area (Å²) in [5.74, 6) is 0. The fourth-order valence-corrected chi connectivity index (χ4v) is 5.16. The first kappa shape index (κ1) is 36.8. The number of anilines is 3. The molecule has 49 heavy (non-hydrogen) atoms. The first-order chi connectivity index (χ1) is 23.2. The average Bonchev–Trinajstić information content (AvgIpc) is 3.17. The molecule has 0 atom stereocenters. The van der Waals surface area contributed by atoms with Gasteiger partial charge in [0.25, 0.3) is 0 Å². The zero-order chi connectivity index (χ0) is 32.3. The molecule has 0 saturated heterocycles. The average molecular weight is 988 g/mol. The molecule has 2 heterocycles. The zero-order valence-corrected chi connectivity index (χ0v) is 31.5. The van der Waals surface area contributed by atoms with E-state index >= 15 is 0 Å². The number of hydrogen-bond acceptors (Lipinski definition) is 3. The Bertz CT molecular complexity index is 1940. The smallest absolute Gasteiger partial charge is 0.0462 e. The van der Waals surface area contributed by atoms with E-state index in [4.69, 9.17) is 0 Å². The van der Waals surface area contributed by atoms with E-state index in [1.54, 1.807) is 6.20 Å². The summed E-state index contributed by atoms with van der Waals surface area (Å²) in [4.78, 5) is 10.9. The van der Waals surface area contributed by atoms with Gasteiger partial charge in [-0.3, -0.25) is 0 Å². The van der Waals surface area contributed by atoms with Crippen molar-refractivity contribution < 1.29 is 40.2 Å². The predicted octanol–water partition coefficient (Wildman–Crippen LogP) is 11.5. The summed E-state index contributed by atoms with van der Waals surface area (Å²) in [6.07, 6.45) is 7.31. The molecule has 244 valence electrons. The van der Waals surface area contributed by atoms with Gasteiger partial charge >= 0.3 is 0 Å². The second-order valence-electron chi connectivity index (χ2n) is 10.7. The summed E-state index contributed by atoms with van der Waals surface area (Å²) >= 11 is 0. The SMILES string of the molecule is C=Cc1ccc(N(c2ccc(C=C)cc2)c2ccc(-c3cc[c-]c(-c4ccccn4)c3)cc2)cc1.[Ir].[Ir].[c-]1ccccc1-c1ccccn1. The Hall–Kier alpha value is -5.02. The molecule has 7 rings (SSSR count).